The lowest BCUT2D eigenvalue weighted by molar-refractivity contribution is -0.150. The van der Waals surface area contributed by atoms with E-state index in [0.717, 1.165) is 15.6 Å². The van der Waals surface area contributed by atoms with E-state index in [4.69, 9.17) is 9.47 Å². The number of nitrogens with zero attached hydrogens (tertiary/aromatic N) is 2. The average molecular weight is 531 g/mol. The Morgan fingerprint density at radius 3 is 2.24 bits per heavy atom. The van der Waals surface area contributed by atoms with Crippen molar-refractivity contribution in [3.63, 3.8) is 0 Å². The molecule has 2 rings (SSSR count). The topological polar surface area (TPSA) is 76.2 Å². The minimum atomic E-state index is -0.728. The van der Waals surface area contributed by atoms with Crippen LogP contribution in [-0.2, 0) is 32.2 Å². The summed E-state index contributed by atoms with van der Waals surface area (Å²) in [5.74, 6) is -0.969. The molecule has 0 radical (unpaired) electrons. The van der Waals surface area contributed by atoms with E-state index in [1.807, 2.05) is 54.6 Å². The first kappa shape index (κ1) is 27.1. The summed E-state index contributed by atoms with van der Waals surface area (Å²) in [4.78, 5) is 41.0. The lowest BCUT2D eigenvalue weighted by Crippen LogP contribution is -2.46. The number of carbonyl (C=O) groups is 3. The largest absolute Gasteiger partial charge is 0.459 e. The van der Waals surface area contributed by atoms with Crippen molar-refractivity contribution in [1.82, 2.24) is 9.80 Å². The Morgan fingerprint density at radius 2 is 1.62 bits per heavy atom. The SMILES string of the molecule is C=CCN(CC(=O)OCc1ccccc1)C(=O)CN(Cc1ccccc1Br)C(=O)OC(C)(C)C. The molecule has 182 valence electrons. The first-order chi connectivity index (χ1) is 16.1. The molecule has 0 atom stereocenters. The molecule has 2 amide bonds. The van der Waals surface area contributed by atoms with Gasteiger partial charge in [0, 0.05) is 11.0 Å². The second kappa shape index (κ2) is 12.9. The summed E-state index contributed by atoms with van der Waals surface area (Å²) in [7, 11) is 0. The Morgan fingerprint density at radius 1 is 0.971 bits per heavy atom. The average Bonchev–Trinajstić information content (AvgIpc) is 2.78. The number of rotatable bonds is 10. The standard InChI is InChI=1S/C26H31BrN2O5/c1-5-15-28(18-24(31)33-19-20-11-7-6-8-12-20)23(30)17-29(25(32)34-26(2,3)4)16-21-13-9-10-14-22(21)27/h5-14H,1,15-19H2,2-4H3. The molecule has 2 aromatic carbocycles. The molecule has 0 saturated heterocycles. The fourth-order valence-corrected chi connectivity index (χ4v) is 3.37. The van der Waals surface area contributed by atoms with E-state index in [9.17, 15) is 14.4 Å². The molecule has 7 nitrogen and oxygen atoms in total. The minimum Gasteiger partial charge on any atom is -0.459 e. The predicted molar refractivity (Wildman–Crippen MR) is 134 cm³/mol. The lowest BCUT2D eigenvalue weighted by Gasteiger charge is -2.29. The highest BCUT2D eigenvalue weighted by Gasteiger charge is 2.27. The Labute approximate surface area is 209 Å². The zero-order valence-corrected chi connectivity index (χ0v) is 21.4. The Balaban J connectivity index is 2.10. The maximum Gasteiger partial charge on any atom is 0.411 e. The summed E-state index contributed by atoms with van der Waals surface area (Å²) in [6.45, 7) is 8.83. The molecule has 34 heavy (non-hydrogen) atoms. The molecule has 0 aliphatic heterocycles. The number of hydrogen-bond acceptors (Lipinski definition) is 5. The number of esters is 1. The van der Waals surface area contributed by atoms with Gasteiger partial charge in [-0.3, -0.25) is 14.5 Å². The first-order valence-electron chi connectivity index (χ1n) is 10.9. The van der Waals surface area contributed by atoms with Crippen LogP contribution < -0.4 is 0 Å². The third kappa shape index (κ3) is 9.39. The number of amides is 2. The summed E-state index contributed by atoms with van der Waals surface area (Å²) in [6, 6.07) is 16.7. The van der Waals surface area contributed by atoms with Crippen LogP contribution in [0.1, 0.15) is 31.9 Å². The molecule has 0 spiro atoms. The van der Waals surface area contributed by atoms with Gasteiger partial charge in [0.15, 0.2) is 0 Å². The minimum absolute atomic E-state index is 0.113. The van der Waals surface area contributed by atoms with Crippen molar-refractivity contribution in [3.8, 4) is 0 Å². The number of carbonyl (C=O) groups excluding carboxylic acids is 3. The van der Waals surface area contributed by atoms with E-state index >= 15 is 0 Å². The van der Waals surface area contributed by atoms with Gasteiger partial charge in [-0.05, 0) is 38.0 Å². The van der Waals surface area contributed by atoms with Crippen LogP contribution in [-0.4, -0.2) is 53.0 Å². The zero-order chi connectivity index (χ0) is 25.1. The normalized spacial score (nSPS) is 10.8. The van der Waals surface area contributed by atoms with Gasteiger partial charge < -0.3 is 14.4 Å². The van der Waals surface area contributed by atoms with E-state index in [1.165, 1.54) is 15.9 Å². The van der Waals surface area contributed by atoms with Gasteiger partial charge in [0.25, 0.3) is 0 Å². The highest BCUT2D eigenvalue weighted by molar-refractivity contribution is 9.10. The maximum atomic E-state index is 13.1. The van der Waals surface area contributed by atoms with E-state index in [1.54, 1.807) is 20.8 Å². The van der Waals surface area contributed by atoms with Gasteiger partial charge >= 0.3 is 12.1 Å². The van der Waals surface area contributed by atoms with E-state index in [2.05, 4.69) is 22.5 Å². The van der Waals surface area contributed by atoms with Gasteiger partial charge in [0.1, 0.15) is 25.3 Å². The van der Waals surface area contributed by atoms with Crippen LogP contribution in [0.15, 0.2) is 71.7 Å². The quantitative estimate of drug-likeness (QED) is 0.321. The van der Waals surface area contributed by atoms with Crippen molar-refractivity contribution >= 4 is 33.9 Å². The van der Waals surface area contributed by atoms with Crippen LogP contribution >= 0.6 is 15.9 Å². The second-order valence-corrected chi connectivity index (χ2v) is 9.49. The van der Waals surface area contributed by atoms with Crippen molar-refractivity contribution < 1.29 is 23.9 Å². The molecule has 0 aliphatic carbocycles. The summed E-state index contributed by atoms with van der Waals surface area (Å²) in [6.07, 6.45) is 0.898. The molecule has 0 unspecified atom stereocenters. The highest BCUT2D eigenvalue weighted by Crippen LogP contribution is 2.19. The molecule has 0 N–H and O–H groups in total. The molecule has 0 fully saturated rings. The summed E-state index contributed by atoms with van der Waals surface area (Å²) in [5.41, 5.74) is 0.939. The van der Waals surface area contributed by atoms with E-state index in [-0.39, 0.29) is 32.8 Å². The summed E-state index contributed by atoms with van der Waals surface area (Å²) >= 11 is 3.48. The molecule has 0 saturated carbocycles. The van der Waals surface area contributed by atoms with Gasteiger partial charge in [0.2, 0.25) is 5.91 Å². The van der Waals surface area contributed by atoms with Gasteiger partial charge in [-0.25, -0.2) is 4.79 Å². The van der Waals surface area contributed by atoms with Crippen molar-refractivity contribution in [2.75, 3.05) is 19.6 Å². The third-order valence-electron chi connectivity index (χ3n) is 4.56. The maximum absolute atomic E-state index is 13.1. The van der Waals surface area contributed by atoms with Crippen LogP contribution in [0, 0.1) is 0 Å². The third-order valence-corrected chi connectivity index (χ3v) is 5.34. The number of halogens is 1. The zero-order valence-electron chi connectivity index (χ0n) is 19.8. The van der Waals surface area contributed by atoms with Crippen LogP contribution in [0.3, 0.4) is 0 Å². The monoisotopic (exact) mass is 530 g/mol. The van der Waals surface area contributed by atoms with Gasteiger partial charge in [-0.15, -0.1) is 6.58 Å². The predicted octanol–water partition coefficient (Wildman–Crippen LogP) is 4.94. The smallest absolute Gasteiger partial charge is 0.411 e. The van der Waals surface area contributed by atoms with Crippen molar-refractivity contribution in [2.24, 2.45) is 0 Å². The summed E-state index contributed by atoms with van der Waals surface area (Å²) in [5, 5.41) is 0. The fourth-order valence-electron chi connectivity index (χ4n) is 2.96. The molecule has 0 aliphatic rings. The Bertz CT molecular complexity index is 988. The summed E-state index contributed by atoms with van der Waals surface area (Å²) < 4.78 is 11.6. The van der Waals surface area contributed by atoms with E-state index < -0.39 is 23.6 Å². The molecular formula is C26H31BrN2O5. The Hall–Kier alpha value is -3.13. The van der Waals surface area contributed by atoms with Crippen LogP contribution in [0.2, 0.25) is 0 Å². The number of benzene rings is 2. The van der Waals surface area contributed by atoms with Crippen molar-refractivity contribution in [3.05, 3.63) is 82.9 Å². The molecule has 0 bridgehead atoms. The molecule has 0 heterocycles. The highest BCUT2D eigenvalue weighted by atomic mass is 79.9. The molecule has 2 aromatic rings. The van der Waals surface area contributed by atoms with Gasteiger partial charge in [-0.2, -0.15) is 0 Å². The van der Waals surface area contributed by atoms with Crippen LogP contribution in [0.25, 0.3) is 0 Å². The van der Waals surface area contributed by atoms with Crippen LogP contribution in [0.4, 0.5) is 4.79 Å². The van der Waals surface area contributed by atoms with Crippen LogP contribution in [0.5, 0.6) is 0 Å². The molecule has 0 aromatic heterocycles. The van der Waals surface area contributed by atoms with Gasteiger partial charge in [-0.1, -0.05) is 70.5 Å². The van der Waals surface area contributed by atoms with Crippen molar-refractivity contribution in [2.45, 2.75) is 39.5 Å². The lowest BCUT2D eigenvalue weighted by atomic mass is 10.2. The molecule has 8 heteroatoms. The molecular weight excluding hydrogens is 500 g/mol. The van der Waals surface area contributed by atoms with Crippen molar-refractivity contribution in [1.29, 1.82) is 0 Å². The fraction of sp³-hybridized carbons (Fsp3) is 0.346. The van der Waals surface area contributed by atoms with Gasteiger partial charge in [0.05, 0.1) is 6.54 Å². The number of hydrogen-bond donors (Lipinski definition) is 0. The Kier molecular flexibility index (Phi) is 10.3. The van der Waals surface area contributed by atoms with E-state index in [0.29, 0.717) is 0 Å². The second-order valence-electron chi connectivity index (χ2n) is 8.64. The number of ether oxygens (including phenoxy) is 2. The first-order valence-corrected chi connectivity index (χ1v) is 11.7.